The monoisotopic (exact) mass is 294 g/mol. The van der Waals surface area contributed by atoms with Gasteiger partial charge in [0.05, 0.1) is 18.5 Å². The van der Waals surface area contributed by atoms with Crippen molar-refractivity contribution in [2.75, 3.05) is 16.1 Å². The quantitative estimate of drug-likeness (QED) is 0.926. The Hall–Kier alpha value is -2.28. The van der Waals surface area contributed by atoms with Crippen molar-refractivity contribution in [2.45, 2.75) is 0 Å². The van der Waals surface area contributed by atoms with Gasteiger partial charge in [0.2, 0.25) is 0 Å². The smallest absolute Gasteiger partial charge is 0.328 e. The third-order valence-electron chi connectivity index (χ3n) is 2.96. The molecule has 0 atom stereocenters. The molecule has 2 aromatic rings. The number of rotatable bonds is 2. The fourth-order valence-corrected chi connectivity index (χ4v) is 3.50. The highest BCUT2D eigenvalue weighted by Crippen LogP contribution is 2.44. The summed E-state index contributed by atoms with van der Waals surface area (Å²) in [5.74, 6) is -0.351. The minimum Gasteiger partial charge on any atom is -0.494 e. The Morgan fingerprint density at radius 2 is 1.90 bits per heavy atom. The SMILES string of the molecule is COc1cc(F)ccc1N1c2ccccc2NS1(=O)=O. The average Bonchev–Trinajstić information content (AvgIpc) is 2.68. The molecule has 1 aliphatic heterocycles. The van der Waals surface area contributed by atoms with E-state index >= 15 is 0 Å². The lowest BCUT2D eigenvalue weighted by Crippen LogP contribution is -2.25. The van der Waals surface area contributed by atoms with Gasteiger partial charge in [-0.05, 0) is 24.3 Å². The zero-order valence-corrected chi connectivity index (χ0v) is 11.3. The molecular formula is C13H11FN2O3S. The molecule has 0 bridgehead atoms. The Bertz CT molecular complexity index is 777. The Morgan fingerprint density at radius 1 is 1.15 bits per heavy atom. The number of hydrogen-bond donors (Lipinski definition) is 1. The van der Waals surface area contributed by atoms with Gasteiger partial charge in [0, 0.05) is 6.07 Å². The Kier molecular flexibility index (Phi) is 2.79. The van der Waals surface area contributed by atoms with Crippen molar-refractivity contribution < 1.29 is 17.5 Å². The summed E-state index contributed by atoms with van der Waals surface area (Å²) in [6, 6.07) is 10.5. The van der Waals surface area contributed by atoms with Crippen LogP contribution in [0.25, 0.3) is 0 Å². The van der Waals surface area contributed by atoms with E-state index in [0.717, 1.165) is 10.4 Å². The van der Waals surface area contributed by atoms with E-state index in [-0.39, 0.29) is 11.4 Å². The van der Waals surface area contributed by atoms with Crippen LogP contribution in [0.15, 0.2) is 42.5 Å². The molecule has 3 rings (SSSR count). The molecule has 1 N–H and O–H groups in total. The second-order valence-electron chi connectivity index (χ2n) is 4.20. The molecule has 7 heteroatoms. The van der Waals surface area contributed by atoms with E-state index in [9.17, 15) is 12.8 Å². The molecule has 2 aromatic carbocycles. The van der Waals surface area contributed by atoms with Crippen LogP contribution < -0.4 is 13.8 Å². The maximum absolute atomic E-state index is 13.2. The van der Waals surface area contributed by atoms with Gasteiger partial charge in [-0.1, -0.05) is 12.1 Å². The first-order valence-corrected chi connectivity index (χ1v) is 7.22. The van der Waals surface area contributed by atoms with Crippen LogP contribution >= 0.6 is 0 Å². The summed E-state index contributed by atoms with van der Waals surface area (Å²) in [5.41, 5.74) is 1.20. The second kappa shape index (κ2) is 4.38. The molecule has 0 spiro atoms. The largest absolute Gasteiger partial charge is 0.494 e. The van der Waals surface area contributed by atoms with Crippen molar-refractivity contribution in [3.63, 3.8) is 0 Å². The van der Waals surface area contributed by atoms with Crippen molar-refractivity contribution in [3.8, 4) is 5.75 Å². The molecule has 0 amide bonds. The Balaban J connectivity index is 2.23. The lowest BCUT2D eigenvalue weighted by Gasteiger charge is -2.19. The zero-order chi connectivity index (χ0) is 14.3. The van der Waals surface area contributed by atoms with Gasteiger partial charge in [-0.3, -0.25) is 4.72 Å². The van der Waals surface area contributed by atoms with Gasteiger partial charge in [0.25, 0.3) is 0 Å². The van der Waals surface area contributed by atoms with E-state index < -0.39 is 16.0 Å². The van der Waals surface area contributed by atoms with Crippen molar-refractivity contribution in [2.24, 2.45) is 0 Å². The highest BCUT2D eigenvalue weighted by molar-refractivity contribution is 7.95. The number of halogens is 1. The van der Waals surface area contributed by atoms with Crippen molar-refractivity contribution in [3.05, 3.63) is 48.3 Å². The van der Waals surface area contributed by atoms with Gasteiger partial charge in [-0.2, -0.15) is 8.42 Å². The summed E-state index contributed by atoms with van der Waals surface area (Å²) >= 11 is 0. The second-order valence-corrected chi connectivity index (χ2v) is 5.72. The topological polar surface area (TPSA) is 58.6 Å². The van der Waals surface area contributed by atoms with E-state index in [2.05, 4.69) is 4.72 Å². The summed E-state index contributed by atoms with van der Waals surface area (Å²) in [4.78, 5) is 0. The zero-order valence-electron chi connectivity index (χ0n) is 10.5. The number of methoxy groups -OCH3 is 1. The standard InChI is InChI=1S/C13H11FN2O3S/c1-19-13-8-9(14)6-7-12(13)16-11-5-3-2-4-10(11)15-20(16,17)18/h2-8,15H,1H3. The van der Waals surface area contributed by atoms with Gasteiger partial charge in [0.1, 0.15) is 17.3 Å². The molecule has 5 nitrogen and oxygen atoms in total. The number of benzene rings is 2. The number of para-hydroxylation sites is 2. The van der Waals surface area contributed by atoms with Gasteiger partial charge in [-0.25, -0.2) is 8.70 Å². The van der Waals surface area contributed by atoms with Gasteiger partial charge in [0.15, 0.2) is 0 Å². The number of fused-ring (bicyclic) bond motifs is 1. The summed E-state index contributed by atoms with van der Waals surface area (Å²) in [6.07, 6.45) is 0. The van der Waals surface area contributed by atoms with Gasteiger partial charge >= 0.3 is 10.2 Å². The molecule has 1 aliphatic rings. The number of anilines is 3. The third-order valence-corrected chi connectivity index (χ3v) is 4.31. The normalized spacial score (nSPS) is 15.6. The van der Waals surface area contributed by atoms with E-state index in [1.54, 1.807) is 24.3 Å². The first kappa shape index (κ1) is 12.7. The molecule has 0 aliphatic carbocycles. The van der Waals surface area contributed by atoms with Crippen molar-refractivity contribution in [1.29, 1.82) is 0 Å². The molecule has 1 heterocycles. The van der Waals surface area contributed by atoms with Crippen LogP contribution in [0.4, 0.5) is 21.5 Å². The number of ether oxygens (including phenoxy) is 1. The first-order valence-electron chi connectivity index (χ1n) is 5.78. The van der Waals surface area contributed by atoms with Crippen LogP contribution in [0.3, 0.4) is 0 Å². The lowest BCUT2D eigenvalue weighted by atomic mass is 10.2. The average molecular weight is 294 g/mol. The van der Waals surface area contributed by atoms with Crippen LogP contribution in [0.5, 0.6) is 5.75 Å². The van der Waals surface area contributed by atoms with E-state index in [0.29, 0.717) is 11.4 Å². The van der Waals surface area contributed by atoms with E-state index in [4.69, 9.17) is 4.74 Å². The van der Waals surface area contributed by atoms with Crippen LogP contribution in [0.1, 0.15) is 0 Å². The summed E-state index contributed by atoms with van der Waals surface area (Å²) < 4.78 is 46.3. The van der Waals surface area contributed by atoms with Crippen molar-refractivity contribution >= 4 is 27.3 Å². The molecule has 0 unspecified atom stereocenters. The van der Waals surface area contributed by atoms with Crippen LogP contribution in [-0.4, -0.2) is 15.5 Å². The summed E-state index contributed by atoms with van der Waals surface area (Å²) in [6.45, 7) is 0. The predicted octanol–water partition coefficient (Wildman–Crippen LogP) is 2.64. The summed E-state index contributed by atoms with van der Waals surface area (Å²) in [5, 5.41) is 0. The van der Waals surface area contributed by atoms with Gasteiger partial charge in [-0.15, -0.1) is 0 Å². The highest BCUT2D eigenvalue weighted by Gasteiger charge is 2.35. The van der Waals surface area contributed by atoms with Crippen LogP contribution in [-0.2, 0) is 10.2 Å². The number of nitrogens with one attached hydrogen (secondary N) is 1. The van der Waals surface area contributed by atoms with Crippen LogP contribution in [0.2, 0.25) is 0 Å². The van der Waals surface area contributed by atoms with Crippen molar-refractivity contribution in [1.82, 2.24) is 0 Å². The summed E-state index contributed by atoms with van der Waals surface area (Å²) in [7, 11) is -2.40. The molecule has 0 fully saturated rings. The number of nitrogens with zero attached hydrogens (tertiary/aromatic N) is 1. The van der Waals surface area contributed by atoms with Crippen LogP contribution in [0, 0.1) is 5.82 Å². The van der Waals surface area contributed by atoms with E-state index in [1.165, 1.54) is 19.2 Å². The number of hydrogen-bond acceptors (Lipinski definition) is 3. The molecular weight excluding hydrogens is 283 g/mol. The predicted molar refractivity (Wildman–Crippen MR) is 74.1 cm³/mol. The fraction of sp³-hybridized carbons (Fsp3) is 0.0769. The Morgan fingerprint density at radius 3 is 2.65 bits per heavy atom. The molecule has 20 heavy (non-hydrogen) atoms. The minimum atomic E-state index is -3.76. The van der Waals surface area contributed by atoms with Gasteiger partial charge < -0.3 is 4.74 Å². The molecule has 0 radical (unpaired) electrons. The molecule has 104 valence electrons. The lowest BCUT2D eigenvalue weighted by molar-refractivity contribution is 0.412. The fourth-order valence-electron chi connectivity index (χ4n) is 2.13. The maximum atomic E-state index is 13.2. The highest BCUT2D eigenvalue weighted by atomic mass is 32.2. The molecule has 0 saturated heterocycles. The maximum Gasteiger partial charge on any atom is 0.328 e. The molecule has 0 saturated carbocycles. The molecule has 0 aromatic heterocycles. The minimum absolute atomic E-state index is 0.145. The Labute approximate surface area is 115 Å². The first-order chi connectivity index (χ1) is 9.53. The third kappa shape index (κ3) is 1.87. The van der Waals surface area contributed by atoms with E-state index in [1.807, 2.05) is 0 Å².